The molecular formula is C23H31FN2O2. The van der Waals surface area contributed by atoms with E-state index in [2.05, 4.69) is 0 Å². The van der Waals surface area contributed by atoms with Crippen LogP contribution in [0.2, 0.25) is 0 Å². The number of ether oxygens (including phenoxy) is 1. The lowest BCUT2D eigenvalue weighted by Crippen LogP contribution is -2.53. The molecule has 0 heterocycles. The number of benzene rings is 2. The smallest absolute Gasteiger partial charge is 0.410 e. The lowest BCUT2D eigenvalue weighted by atomic mass is 9.87. The van der Waals surface area contributed by atoms with E-state index in [-0.39, 0.29) is 13.1 Å². The zero-order chi connectivity index (χ0) is 20.6. The standard InChI is InChI=1S/C23H31FN2O2/c1-22(2,3)26(15-14-24)21(27)28-23(18-25,16-19-10-6-4-7-11-19)17-20-12-8-5-9-13-20/h4-13H,14-18,25H2,1-3H3. The van der Waals surface area contributed by atoms with Crippen LogP contribution in [-0.2, 0) is 17.6 Å². The van der Waals surface area contributed by atoms with Gasteiger partial charge in [-0.1, -0.05) is 60.7 Å². The number of hydrogen-bond donors (Lipinski definition) is 1. The van der Waals surface area contributed by atoms with Crippen LogP contribution < -0.4 is 5.73 Å². The zero-order valence-corrected chi connectivity index (χ0v) is 17.0. The molecule has 0 fully saturated rings. The Hall–Kier alpha value is -2.40. The van der Waals surface area contributed by atoms with Crippen molar-refractivity contribution in [3.05, 3.63) is 71.8 Å². The molecule has 0 saturated heterocycles. The van der Waals surface area contributed by atoms with Crippen LogP contribution in [0.25, 0.3) is 0 Å². The molecule has 0 unspecified atom stereocenters. The summed E-state index contributed by atoms with van der Waals surface area (Å²) in [5, 5.41) is 0. The van der Waals surface area contributed by atoms with Crippen LogP contribution in [0.1, 0.15) is 31.9 Å². The first-order valence-electron chi connectivity index (χ1n) is 9.64. The Balaban J connectivity index is 2.34. The summed E-state index contributed by atoms with van der Waals surface area (Å²) in [5.41, 5.74) is 6.76. The summed E-state index contributed by atoms with van der Waals surface area (Å²) in [7, 11) is 0. The summed E-state index contributed by atoms with van der Waals surface area (Å²) in [5.74, 6) is 0. The van der Waals surface area contributed by atoms with Gasteiger partial charge >= 0.3 is 6.09 Å². The second-order valence-electron chi connectivity index (χ2n) is 8.09. The van der Waals surface area contributed by atoms with E-state index in [1.807, 2.05) is 81.4 Å². The minimum atomic E-state index is -0.917. The lowest BCUT2D eigenvalue weighted by Gasteiger charge is -2.39. The monoisotopic (exact) mass is 386 g/mol. The molecule has 0 aliphatic rings. The molecule has 152 valence electrons. The van der Waals surface area contributed by atoms with Crippen LogP contribution in [0.4, 0.5) is 9.18 Å². The van der Waals surface area contributed by atoms with Gasteiger partial charge in [-0.2, -0.15) is 0 Å². The molecule has 2 N–H and O–H groups in total. The third kappa shape index (κ3) is 6.06. The van der Waals surface area contributed by atoms with Gasteiger partial charge in [0.05, 0.1) is 6.54 Å². The lowest BCUT2D eigenvalue weighted by molar-refractivity contribution is -0.0194. The molecule has 0 aliphatic heterocycles. The highest BCUT2D eigenvalue weighted by Gasteiger charge is 2.37. The molecule has 2 aromatic rings. The van der Waals surface area contributed by atoms with Crippen molar-refractivity contribution in [2.24, 2.45) is 5.73 Å². The van der Waals surface area contributed by atoms with Gasteiger partial charge in [0.2, 0.25) is 0 Å². The molecule has 0 radical (unpaired) electrons. The second kappa shape index (κ2) is 9.69. The molecule has 4 nitrogen and oxygen atoms in total. The summed E-state index contributed by atoms with van der Waals surface area (Å²) in [4.78, 5) is 14.4. The highest BCUT2D eigenvalue weighted by molar-refractivity contribution is 5.69. The third-order valence-electron chi connectivity index (χ3n) is 4.75. The van der Waals surface area contributed by atoms with Crippen molar-refractivity contribution >= 4 is 6.09 Å². The van der Waals surface area contributed by atoms with Crippen LogP contribution in [0.15, 0.2) is 60.7 Å². The van der Waals surface area contributed by atoms with Gasteiger partial charge in [-0.05, 0) is 31.9 Å². The summed E-state index contributed by atoms with van der Waals surface area (Å²) >= 11 is 0. The number of alkyl halides is 1. The minimum Gasteiger partial charge on any atom is -0.441 e. The van der Waals surface area contributed by atoms with E-state index in [0.717, 1.165) is 11.1 Å². The van der Waals surface area contributed by atoms with Gasteiger partial charge in [0.1, 0.15) is 12.3 Å². The number of nitrogens with two attached hydrogens (primary N) is 1. The van der Waals surface area contributed by atoms with E-state index in [9.17, 15) is 9.18 Å². The van der Waals surface area contributed by atoms with Gasteiger partial charge in [-0.25, -0.2) is 9.18 Å². The van der Waals surface area contributed by atoms with E-state index in [4.69, 9.17) is 10.5 Å². The molecule has 5 heteroatoms. The largest absolute Gasteiger partial charge is 0.441 e. The molecule has 0 aliphatic carbocycles. The van der Waals surface area contributed by atoms with E-state index in [1.54, 1.807) is 0 Å². The van der Waals surface area contributed by atoms with Crippen molar-refractivity contribution in [3.8, 4) is 0 Å². The quantitative estimate of drug-likeness (QED) is 0.733. The van der Waals surface area contributed by atoms with Crippen LogP contribution in [0.3, 0.4) is 0 Å². The molecule has 2 aromatic carbocycles. The number of carbonyl (C=O) groups is 1. The van der Waals surface area contributed by atoms with Crippen LogP contribution in [0, 0.1) is 0 Å². The molecule has 1 amide bonds. The first-order chi connectivity index (χ1) is 13.3. The third-order valence-corrected chi connectivity index (χ3v) is 4.75. The first-order valence-corrected chi connectivity index (χ1v) is 9.64. The summed E-state index contributed by atoms with van der Waals surface area (Å²) in [6.45, 7) is 5.11. The Morgan fingerprint density at radius 3 is 1.79 bits per heavy atom. The van der Waals surface area contributed by atoms with E-state index < -0.39 is 23.9 Å². The van der Waals surface area contributed by atoms with E-state index in [1.165, 1.54) is 4.90 Å². The van der Waals surface area contributed by atoms with Gasteiger partial charge < -0.3 is 15.4 Å². The maximum absolute atomic E-state index is 13.1. The Labute approximate surface area is 167 Å². The number of rotatable bonds is 8. The second-order valence-corrected chi connectivity index (χ2v) is 8.09. The fourth-order valence-corrected chi connectivity index (χ4v) is 3.28. The predicted octanol–water partition coefficient (Wildman–Crippen LogP) is 4.38. The molecular weight excluding hydrogens is 355 g/mol. The van der Waals surface area contributed by atoms with Gasteiger partial charge in [0.15, 0.2) is 0 Å². The molecule has 28 heavy (non-hydrogen) atoms. The van der Waals surface area contributed by atoms with Crippen LogP contribution in [0.5, 0.6) is 0 Å². The summed E-state index contributed by atoms with van der Waals surface area (Å²) in [6.07, 6.45) is 0.430. The number of nitrogens with zero attached hydrogens (tertiary/aromatic N) is 1. The topological polar surface area (TPSA) is 55.6 Å². The van der Waals surface area contributed by atoms with Crippen molar-refractivity contribution < 1.29 is 13.9 Å². The van der Waals surface area contributed by atoms with Gasteiger partial charge in [0.25, 0.3) is 0 Å². The van der Waals surface area contributed by atoms with Crippen molar-refractivity contribution in [2.45, 2.75) is 44.8 Å². The van der Waals surface area contributed by atoms with Crippen LogP contribution in [-0.4, -0.2) is 41.9 Å². The average molecular weight is 387 g/mol. The highest BCUT2D eigenvalue weighted by atomic mass is 19.1. The fraction of sp³-hybridized carbons (Fsp3) is 0.435. The molecule has 0 bridgehead atoms. The van der Waals surface area contributed by atoms with E-state index >= 15 is 0 Å². The SMILES string of the molecule is CC(C)(C)N(CCF)C(=O)OC(CN)(Cc1ccccc1)Cc1ccccc1. The molecule has 0 spiro atoms. The average Bonchev–Trinajstić information content (AvgIpc) is 2.66. The Bertz CT molecular complexity index is 688. The van der Waals surface area contributed by atoms with Crippen LogP contribution >= 0.6 is 0 Å². The number of amides is 1. The predicted molar refractivity (Wildman–Crippen MR) is 111 cm³/mol. The van der Waals surface area contributed by atoms with Crippen molar-refractivity contribution in [2.75, 3.05) is 19.8 Å². The minimum absolute atomic E-state index is 0.0142. The molecule has 0 atom stereocenters. The van der Waals surface area contributed by atoms with Gasteiger partial charge in [0, 0.05) is 24.9 Å². The maximum Gasteiger partial charge on any atom is 0.410 e. The Kier molecular flexibility index (Phi) is 7.58. The van der Waals surface area contributed by atoms with E-state index in [0.29, 0.717) is 12.8 Å². The van der Waals surface area contributed by atoms with Crippen molar-refractivity contribution in [1.29, 1.82) is 0 Å². The fourth-order valence-electron chi connectivity index (χ4n) is 3.28. The molecule has 0 aromatic heterocycles. The zero-order valence-electron chi connectivity index (χ0n) is 17.0. The number of halogens is 1. The number of hydrogen-bond acceptors (Lipinski definition) is 3. The first kappa shape index (κ1) is 21.9. The van der Waals surface area contributed by atoms with Gasteiger partial charge in [-0.15, -0.1) is 0 Å². The normalized spacial score (nSPS) is 11.9. The Morgan fingerprint density at radius 2 is 1.43 bits per heavy atom. The van der Waals surface area contributed by atoms with Crippen molar-refractivity contribution in [3.63, 3.8) is 0 Å². The summed E-state index contributed by atoms with van der Waals surface area (Å²) in [6, 6.07) is 19.7. The number of carbonyl (C=O) groups excluding carboxylic acids is 1. The molecule has 0 saturated carbocycles. The maximum atomic E-state index is 13.1. The highest BCUT2D eigenvalue weighted by Crippen LogP contribution is 2.26. The molecule has 2 rings (SSSR count). The summed E-state index contributed by atoms with van der Waals surface area (Å²) < 4.78 is 19.1. The van der Waals surface area contributed by atoms with Crippen molar-refractivity contribution in [1.82, 2.24) is 4.90 Å². The van der Waals surface area contributed by atoms with Gasteiger partial charge in [-0.3, -0.25) is 0 Å². The Morgan fingerprint density at radius 1 is 0.964 bits per heavy atom.